The summed E-state index contributed by atoms with van der Waals surface area (Å²) in [6.45, 7) is 10.8. The zero-order chi connectivity index (χ0) is 12.9. The highest BCUT2D eigenvalue weighted by molar-refractivity contribution is 5.82. The molecule has 17 heavy (non-hydrogen) atoms. The molecule has 1 aliphatic rings. The van der Waals surface area contributed by atoms with Gasteiger partial charge in [0.25, 0.3) is 0 Å². The maximum Gasteiger partial charge on any atom is 0.330 e. The third kappa shape index (κ3) is 6.44. The summed E-state index contributed by atoms with van der Waals surface area (Å²) in [6, 6.07) is 0. The molecule has 0 aromatic rings. The van der Waals surface area contributed by atoms with Gasteiger partial charge in [0.05, 0.1) is 0 Å². The van der Waals surface area contributed by atoms with E-state index >= 15 is 0 Å². The summed E-state index contributed by atoms with van der Waals surface area (Å²) in [5.41, 5.74) is -0.407. The molecule has 98 valence electrons. The fraction of sp³-hybridized carbons (Fsp3) is 0.769. The first-order valence-corrected chi connectivity index (χ1v) is 6.17. The molecule has 1 heterocycles. The van der Waals surface area contributed by atoms with Crippen LogP contribution in [0, 0.1) is 0 Å². The molecule has 0 aromatic carbocycles. The van der Waals surface area contributed by atoms with Gasteiger partial charge < -0.3 is 9.64 Å². The van der Waals surface area contributed by atoms with Gasteiger partial charge in [-0.15, -0.1) is 0 Å². The van der Waals surface area contributed by atoms with Crippen LogP contribution >= 0.6 is 0 Å². The number of likely N-dealkylation sites (N-methyl/N-ethyl adjacent to an activating group) is 1. The molecule has 1 aliphatic heterocycles. The molecule has 0 aromatic heterocycles. The van der Waals surface area contributed by atoms with Gasteiger partial charge >= 0.3 is 5.97 Å². The fourth-order valence-electron chi connectivity index (χ4n) is 1.66. The van der Waals surface area contributed by atoms with Crippen molar-refractivity contribution in [1.29, 1.82) is 0 Å². The Hall–Kier alpha value is -0.870. The lowest BCUT2D eigenvalue weighted by Gasteiger charge is -2.31. The van der Waals surface area contributed by atoms with E-state index in [1.54, 1.807) is 0 Å². The lowest BCUT2D eigenvalue weighted by Crippen LogP contribution is -2.44. The number of carbonyl (C=O) groups is 1. The van der Waals surface area contributed by atoms with Gasteiger partial charge in [-0.2, -0.15) is 0 Å². The van der Waals surface area contributed by atoms with Crippen molar-refractivity contribution in [2.75, 3.05) is 39.8 Å². The standard InChI is InChI=1S/C13H24N2O2/c1-13(2,3)17-12(16)6-5-7-15-10-8-14(4)9-11-15/h5-6H,7-11H2,1-4H3. The van der Waals surface area contributed by atoms with Crippen LogP contribution in [0.1, 0.15) is 20.8 Å². The van der Waals surface area contributed by atoms with Crippen LogP contribution in [0.3, 0.4) is 0 Å². The summed E-state index contributed by atoms with van der Waals surface area (Å²) >= 11 is 0. The fourth-order valence-corrected chi connectivity index (χ4v) is 1.66. The summed E-state index contributed by atoms with van der Waals surface area (Å²) in [4.78, 5) is 16.1. The minimum absolute atomic E-state index is 0.258. The van der Waals surface area contributed by atoms with E-state index in [0.29, 0.717) is 0 Å². The summed E-state index contributed by atoms with van der Waals surface area (Å²) in [7, 11) is 2.13. The smallest absolute Gasteiger partial charge is 0.330 e. The zero-order valence-corrected chi connectivity index (χ0v) is 11.4. The van der Waals surface area contributed by atoms with Crippen LogP contribution in [0.5, 0.6) is 0 Å². The number of rotatable bonds is 3. The van der Waals surface area contributed by atoms with Gasteiger partial charge in [0, 0.05) is 38.8 Å². The van der Waals surface area contributed by atoms with Gasteiger partial charge in [-0.1, -0.05) is 6.08 Å². The number of carbonyl (C=O) groups excluding carboxylic acids is 1. The number of hydrogen-bond donors (Lipinski definition) is 0. The normalized spacial score (nSPS) is 19.8. The van der Waals surface area contributed by atoms with Crippen molar-refractivity contribution in [3.05, 3.63) is 12.2 Å². The van der Waals surface area contributed by atoms with E-state index in [4.69, 9.17) is 4.74 Å². The Labute approximate surface area is 104 Å². The molecule has 0 bridgehead atoms. The molecule has 0 N–H and O–H groups in total. The highest BCUT2D eigenvalue weighted by atomic mass is 16.6. The Morgan fingerprint density at radius 1 is 1.24 bits per heavy atom. The van der Waals surface area contributed by atoms with Crippen molar-refractivity contribution in [3.63, 3.8) is 0 Å². The molecule has 0 atom stereocenters. The highest BCUT2D eigenvalue weighted by Gasteiger charge is 2.14. The lowest BCUT2D eigenvalue weighted by molar-refractivity contribution is -0.148. The molecule has 0 unspecified atom stereocenters. The van der Waals surface area contributed by atoms with E-state index in [1.807, 2.05) is 26.8 Å². The van der Waals surface area contributed by atoms with Crippen molar-refractivity contribution in [2.24, 2.45) is 0 Å². The first-order chi connectivity index (χ1) is 7.87. The molecule has 1 saturated heterocycles. The number of hydrogen-bond acceptors (Lipinski definition) is 4. The van der Waals surface area contributed by atoms with Gasteiger partial charge in [-0.3, -0.25) is 4.90 Å². The summed E-state index contributed by atoms with van der Waals surface area (Å²) in [5, 5.41) is 0. The van der Waals surface area contributed by atoms with E-state index in [9.17, 15) is 4.79 Å². The van der Waals surface area contributed by atoms with Gasteiger partial charge in [-0.05, 0) is 27.8 Å². The van der Waals surface area contributed by atoms with Gasteiger partial charge in [-0.25, -0.2) is 4.79 Å². The second-order valence-electron chi connectivity index (χ2n) is 5.54. The van der Waals surface area contributed by atoms with Crippen molar-refractivity contribution >= 4 is 5.97 Å². The van der Waals surface area contributed by atoms with Gasteiger partial charge in [0.1, 0.15) is 5.60 Å². The van der Waals surface area contributed by atoms with Crippen LogP contribution in [0.4, 0.5) is 0 Å². The summed E-state index contributed by atoms with van der Waals surface area (Å²) in [6.07, 6.45) is 3.42. The zero-order valence-electron chi connectivity index (χ0n) is 11.4. The quantitative estimate of drug-likeness (QED) is 0.547. The maximum absolute atomic E-state index is 11.4. The van der Waals surface area contributed by atoms with E-state index < -0.39 is 5.60 Å². The minimum Gasteiger partial charge on any atom is -0.457 e. The third-order valence-corrected chi connectivity index (χ3v) is 2.62. The van der Waals surface area contributed by atoms with Gasteiger partial charge in [0.15, 0.2) is 0 Å². The van der Waals surface area contributed by atoms with Crippen LogP contribution in [0.15, 0.2) is 12.2 Å². The van der Waals surface area contributed by atoms with E-state index in [0.717, 1.165) is 32.7 Å². The molecule has 4 heteroatoms. The lowest BCUT2D eigenvalue weighted by atomic mass is 10.2. The Kier molecular flexibility index (Phi) is 5.15. The van der Waals surface area contributed by atoms with Gasteiger partial charge in [0.2, 0.25) is 0 Å². The molecular weight excluding hydrogens is 216 g/mol. The largest absolute Gasteiger partial charge is 0.457 e. The Balaban J connectivity index is 2.23. The van der Waals surface area contributed by atoms with E-state index in [1.165, 1.54) is 6.08 Å². The second kappa shape index (κ2) is 6.17. The summed E-state index contributed by atoms with van der Waals surface area (Å²) in [5.74, 6) is -0.258. The second-order valence-corrected chi connectivity index (χ2v) is 5.54. The molecule has 1 rings (SSSR count). The first kappa shape index (κ1) is 14.2. The van der Waals surface area contributed by atoms with Crippen molar-refractivity contribution < 1.29 is 9.53 Å². The van der Waals surface area contributed by atoms with Crippen LogP contribution in [-0.4, -0.2) is 61.1 Å². The Bertz CT molecular complexity index is 274. The molecule has 0 aliphatic carbocycles. The molecule has 0 radical (unpaired) electrons. The minimum atomic E-state index is -0.407. The molecular formula is C13H24N2O2. The molecule has 0 amide bonds. The number of esters is 1. The maximum atomic E-state index is 11.4. The third-order valence-electron chi connectivity index (χ3n) is 2.62. The predicted molar refractivity (Wildman–Crippen MR) is 68.9 cm³/mol. The predicted octanol–water partition coefficient (Wildman–Crippen LogP) is 1.13. The highest BCUT2D eigenvalue weighted by Crippen LogP contribution is 2.07. The monoisotopic (exact) mass is 240 g/mol. The Morgan fingerprint density at radius 3 is 2.35 bits per heavy atom. The van der Waals surface area contributed by atoms with Crippen LogP contribution in [0.2, 0.25) is 0 Å². The average molecular weight is 240 g/mol. The molecule has 0 spiro atoms. The van der Waals surface area contributed by atoms with Crippen molar-refractivity contribution in [3.8, 4) is 0 Å². The average Bonchev–Trinajstić information content (AvgIpc) is 2.18. The van der Waals surface area contributed by atoms with E-state index in [-0.39, 0.29) is 5.97 Å². The number of nitrogens with zero attached hydrogens (tertiary/aromatic N) is 2. The Morgan fingerprint density at radius 2 is 1.82 bits per heavy atom. The van der Waals surface area contributed by atoms with Crippen LogP contribution < -0.4 is 0 Å². The topological polar surface area (TPSA) is 32.8 Å². The SMILES string of the molecule is CN1CCN(CC=CC(=O)OC(C)(C)C)CC1. The van der Waals surface area contributed by atoms with E-state index in [2.05, 4.69) is 16.8 Å². The number of ether oxygens (including phenoxy) is 1. The number of piperazine rings is 1. The molecule has 0 saturated carbocycles. The molecule has 1 fully saturated rings. The summed E-state index contributed by atoms with van der Waals surface area (Å²) < 4.78 is 5.19. The van der Waals surface area contributed by atoms with Crippen molar-refractivity contribution in [2.45, 2.75) is 26.4 Å². The van der Waals surface area contributed by atoms with Crippen LogP contribution in [-0.2, 0) is 9.53 Å². The van der Waals surface area contributed by atoms with Crippen molar-refractivity contribution in [1.82, 2.24) is 9.80 Å². The van der Waals surface area contributed by atoms with Crippen LogP contribution in [0.25, 0.3) is 0 Å². The molecule has 4 nitrogen and oxygen atoms in total. The first-order valence-electron chi connectivity index (χ1n) is 6.17.